The van der Waals surface area contributed by atoms with Gasteiger partial charge in [-0.25, -0.2) is 22.4 Å². The van der Waals surface area contributed by atoms with Gasteiger partial charge in [-0.1, -0.05) is 11.6 Å². The molecule has 2 heterocycles. The van der Waals surface area contributed by atoms with E-state index < -0.39 is 35.8 Å². The van der Waals surface area contributed by atoms with Gasteiger partial charge in [-0.2, -0.15) is 0 Å². The van der Waals surface area contributed by atoms with Crippen molar-refractivity contribution in [1.29, 1.82) is 0 Å². The fourth-order valence-corrected chi connectivity index (χ4v) is 4.40. The lowest BCUT2D eigenvalue weighted by atomic mass is 10.0. The molecule has 0 radical (unpaired) electrons. The smallest absolute Gasteiger partial charge is 0.414 e. The van der Waals surface area contributed by atoms with Gasteiger partial charge in [0.2, 0.25) is 0 Å². The van der Waals surface area contributed by atoms with Crippen LogP contribution >= 0.6 is 11.6 Å². The Kier molecular flexibility index (Phi) is 5.31. The van der Waals surface area contributed by atoms with Crippen molar-refractivity contribution in [1.82, 2.24) is 4.98 Å². The SMILES string of the molecule is CN(C(=O)OC(C)(C)C)c1cc(F)c(F)c2c1Cc1ncc(Cl)c(N3CCC(F)(F)C3)c1-2. The number of aromatic nitrogens is 1. The summed E-state index contributed by atoms with van der Waals surface area (Å²) in [6.45, 7) is 4.50. The van der Waals surface area contributed by atoms with Gasteiger partial charge in [-0.15, -0.1) is 0 Å². The Hall–Kier alpha value is -2.55. The number of pyridine rings is 1. The Balaban J connectivity index is 1.86. The molecular formula is C22H22ClF4N3O2. The van der Waals surface area contributed by atoms with Gasteiger partial charge in [0.05, 0.1) is 28.6 Å². The summed E-state index contributed by atoms with van der Waals surface area (Å²) >= 11 is 6.32. The largest absolute Gasteiger partial charge is 0.443 e. The summed E-state index contributed by atoms with van der Waals surface area (Å²) in [4.78, 5) is 19.3. The van der Waals surface area contributed by atoms with E-state index in [1.165, 1.54) is 18.1 Å². The van der Waals surface area contributed by atoms with Crippen molar-refractivity contribution >= 4 is 29.1 Å². The van der Waals surface area contributed by atoms with Crippen LogP contribution in [0.3, 0.4) is 0 Å². The van der Waals surface area contributed by atoms with E-state index in [1.807, 2.05) is 0 Å². The Labute approximate surface area is 187 Å². The molecule has 10 heteroatoms. The second-order valence-electron chi connectivity index (χ2n) is 9.07. The van der Waals surface area contributed by atoms with Gasteiger partial charge in [0.1, 0.15) is 5.60 Å². The van der Waals surface area contributed by atoms with Crippen molar-refractivity contribution in [2.45, 2.75) is 45.1 Å². The van der Waals surface area contributed by atoms with Crippen molar-refractivity contribution in [3.05, 3.63) is 40.2 Å². The molecule has 32 heavy (non-hydrogen) atoms. The molecule has 172 valence electrons. The summed E-state index contributed by atoms with van der Waals surface area (Å²) in [5, 5.41) is 0.0695. The number of halogens is 5. The van der Waals surface area contributed by atoms with Crippen molar-refractivity contribution in [2.75, 3.05) is 29.9 Å². The summed E-state index contributed by atoms with van der Waals surface area (Å²) in [7, 11) is 1.40. The number of carbonyl (C=O) groups is 1. The van der Waals surface area contributed by atoms with E-state index in [1.54, 1.807) is 20.8 Å². The van der Waals surface area contributed by atoms with Crippen molar-refractivity contribution in [2.24, 2.45) is 0 Å². The zero-order chi connectivity index (χ0) is 23.6. The molecule has 1 saturated heterocycles. The standard InChI is InChI=1S/C22H22ClF4N3O2/c1-21(2,3)32-20(31)29(4)15-8-13(24)18(25)16-11(15)7-14-17(16)19(12(23)9-28-14)30-6-5-22(26,27)10-30/h8-9H,5-7,10H2,1-4H3. The Bertz CT molecular complexity index is 1120. The van der Waals surface area contributed by atoms with E-state index in [-0.39, 0.29) is 46.9 Å². The highest BCUT2D eigenvalue weighted by Gasteiger charge is 2.42. The van der Waals surface area contributed by atoms with Crippen LogP contribution in [0.1, 0.15) is 38.4 Å². The monoisotopic (exact) mass is 471 g/mol. The second-order valence-corrected chi connectivity index (χ2v) is 9.47. The summed E-state index contributed by atoms with van der Waals surface area (Å²) < 4.78 is 62.9. The first-order valence-electron chi connectivity index (χ1n) is 10.1. The van der Waals surface area contributed by atoms with Gasteiger partial charge in [0.15, 0.2) is 11.6 Å². The van der Waals surface area contributed by atoms with Crippen LogP contribution in [0.25, 0.3) is 11.1 Å². The van der Waals surface area contributed by atoms with Gasteiger partial charge in [0.25, 0.3) is 5.92 Å². The van der Waals surface area contributed by atoms with E-state index in [0.29, 0.717) is 11.3 Å². The van der Waals surface area contributed by atoms with Crippen molar-refractivity contribution in [3.63, 3.8) is 0 Å². The first-order chi connectivity index (χ1) is 14.8. The highest BCUT2D eigenvalue weighted by Crippen LogP contribution is 2.50. The van der Waals surface area contributed by atoms with E-state index in [9.17, 15) is 18.0 Å². The Morgan fingerprint density at radius 2 is 1.97 bits per heavy atom. The predicted molar refractivity (Wildman–Crippen MR) is 114 cm³/mol. The fourth-order valence-electron chi connectivity index (χ4n) is 4.13. The maximum Gasteiger partial charge on any atom is 0.414 e. The first-order valence-corrected chi connectivity index (χ1v) is 10.4. The molecule has 1 aromatic carbocycles. The number of ether oxygens (including phenoxy) is 1. The zero-order valence-electron chi connectivity index (χ0n) is 18.0. The van der Waals surface area contributed by atoms with Crippen molar-refractivity contribution < 1.29 is 27.1 Å². The molecule has 0 N–H and O–H groups in total. The third-order valence-electron chi connectivity index (χ3n) is 5.50. The summed E-state index contributed by atoms with van der Waals surface area (Å²) in [5.74, 6) is -5.24. The molecule has 0 atom stereocenters. The van der Waals surface area contributed by atoms with Crippen LogP contribution in [-0.2, 0) is 11.2 Å². The molecule has 0 saturated carbocycles. The maximum atomic E-state index is 15.1. The lowest BCUT2D eigenvalue weighted by Crippen LogP contribution is -2.34. The van der Waals surface area contributed by atoms with E-state index in [2.05, 4.69) is 4.98 Å². The highest BCUT2D eigenvalue weighted by molar-refractivity contribution is 6.34. The lowest BCUT2D eigenvalue weighted by Gasteiger charge is -2.26. The minimum absolute atomic E-state index is 0.0140. The molecule has 1 aromatic heterocycles. The summed E-state index contributed by atoms with van der Waals surface area (Å²) in [6, 6.07) is 0.926. The molecule has 0 unspecified atom stereocenters. The molecule has 5 nitrogen and oxygen atoms in total. The normalized spacial score (nSPS) is 16.7. The number of hydrogen-bond acceptors (Lipinski definition) is 4. The molecule has 1 aliphatic carbocycles. The number of carbonyl (C=O) groups excluding carboxylic acids is 1. The molecule has 2 aliphatic rings. The number of rotatable bonds is 2. The lowest BCUT2D eigenvalue weighted by molar-refractivity contribution is 0.0257. The molecular weight excluding hydrogens is 450 g/mol. The number of anilines is 2. The molecule has 1 fully saturated rings. The van der Waals surface area contributed by atoms with Crippen LogP contribution < -0.4 is 9.80 Å². The number of hydrogen-bond donors (Lipinski definition) is 0. The maximum absolute atomic E-state index is 15.1. The fraction of sp³-hybridized carbons (Fsp3) is 0.455. The van der Waals surface area contributed by atoms with Gasteiger partial charge < -0.3 is 9.64 Å². The molecule has 0 bridgehead atoms. The summed E-state index contributed by atoms with van der Waals surface area (Å²) in [5.41, 5.74) is 0.265. The topological polar surface area (TPSA) is 45.7 Å². The molecule has 0 spiro atoms. The van der Waals surface area contributed by atoms with Crippen molar-refractivity contribution in [3.8, 4) is 11.1 Å². The molecule has 2 aromatic rings. The number of nitrogens with zero attached hydrogens (tertiary/aromatic N) is 3. The van der Waals surface area contributed by atoms with Crippen LogP contribution in [0.15, 0.2) is 12.3 Å². The quantitative estimate of drug-likeness (QED) is 0.443. The minimum atomic E-state index is -2.91. The summed E-state index contributed by atoms with van der Waals surface area (Å²) in [6.07, 6.45) is 0.292. The van der Waals surface area contributed by atoms with E-state index in [4.69, 9.17) is 16.3 Å². The first kappa shape index (κ1) is 22.6. The highest BCUT2D eigenvalue weighted by atomic mass is 35.5. The van der Waals surface area contributed by atoms with Gasteiger partial charge in [0, 0.05) is 49.8 Å². The average molecular weight is 472 g/mol. The Morgan fingerprint density at radius 3 is 2.56 bits per heavy atom. The van der Waals surface area contributed by atoms with Crippen LogP contribution in [0.5, 0.6) is 0 Å². The van der Waals surface area contributed by atoms with E-state index >= 15 is 4.39 Å². The van der Waals surface area contributed by atoms with Crippen LogP contribution in [0.2, 0.25) is 5.02 Å². The predicted octanol–water partition coefficient (Wildman–Crippen LogP) is 5.80. The van der Waals surface area contributed by atoms with Gasteiger partial charge in [-0.3, -0.25) is 9.88 Å². The minimum Gasteiger partial charge on any atom is -0.443 e. The zero-order valence-corrected chi connectivity index (χ0v) is 18.8. The number of benzene rings is 1. The molecule has 4 rings (SSSR count). The van der Waals surface area contributed by atoms with Crippen LogP contribution in [0, 0.1) is 11.6 Å². The number of amides is 1. The van der Waals surface area contributed by atoms with Gasteiger partial charge >= 0.3 is 6.09 Å². The Morgan fingerprint density at radius 1 is 1.28 bits per heavy atom. The second kappa shape index (κ2) is 7.50. The van der Waals surface area contributed by atoms with E-state index in [0.717, 1.165) is 11.0 Å². The third kappa shape index (κ3) is 3.87. The average Bonchev–Trinajstić information content (AvgIpc) is 3.23. The number of alkyl halides is 2. The van der Waals surface area contributed by atoms with Gasteiger partial charge in [-0.05, 0) is 26.3 Å². The van der Waals surface area contributed by atoms with Crippen LogP contribution in [0.4, 0.5) is 33.7 Å². The van der Waals surface area contributed by atoms with Crippen LogP contribution in [-0.4, -0.2) is 42.7 Å². The number of fused-ring (bicyclic) bond motifs is 3. The molecule has 1 aliphatic heterocycles. The third-order valence-corrected chi connectivity index (χ3v) is 5.77. The molecule has 1 amide bonds.